The van der Waals surface area contributed by atoms with E-state index in [4.69, 9.17) is 21.1 Å². The second-order valence-electron chi connectivity index (χ2n) is 6.14. The Balaban J connectivity index is 1.49. The van der Waals surface area contributed by atoms with Crippen molar-refractivity contribution in [2.75, 3.05) is 19.8 Å². The van der Waals surface area contributed by atoms with Gasteiger partial charge in [-0.1, -0.05) is 11.6 Å². The molecule has 6 heteroatoms. The fraction of sp³-hybridized carbons (Fsp3) is 0.500. The van der Waals surface area contributed by atoms with Gasteiger partial charge in [-0.15, -0.1) is 0 Å². The van der Waals surface area contributed by atoms with Gasteiger partial charge in [-0.05, 0) is 50.6 Å². The normalized spacial score (nSPS) is 13.8. The van der Waals surface area contributed by atoms with E-state index in [0.29, 0.717) is 24.0 Å². The first-order chi connectivity index (χ1) is 11.6. The minimum atomic E-state index is 0.619. The topological polar surface area (TPSA) is 48.3 Å². The maximum atomic E-state index is 6.32. The van der Waals surface area contributed by atoms with Gasteiger partial charge in [-0.25, -0.2) is 0 Å². The molecule has 1 aliphatic heterocycles. The first-order valence-electron chi connectivity index (χ1n) is 8.43. The molecule has 0 fully saturated rings. The van der Waals surface area contributed by atoms with E-state index in [-0.39, 0.29) is 0 Å². The molecule has 0 unspecified atom stereocenters. The molecule has 0 saturated carbocycles. The Morgan fingerprint density at radius 2 is 2.04 bits per heavy atom. The molecular weight excluding hydrogens is 326 g/mol. The average molecular weight is 350 g/mol. The van der Waals surface area contributed by atoms with Crippen LogP contribution in [-0.4, -0.2) is 29.5 Å². The number of halogens is 1. The second-order valence-corrected chi connectivity index (χ2v) is 6.54. The maximum Gasteiger partial charge on any atom is 0.179 e. The molecule has 0 amide bonds. The third kappa shape index (κ3) is 4.22. The van der Waals surface area contributed by atoms with Crippen LogP contribution < -0.4 is 14.8 Å². The number of hydrogen-bond acceptors (Lipinski definition) is 4. The molecular formula is C18H24ClN3O2. The Kier molecular flexibility index (Phi) is 5.63. The van der Waals surface area contributed by atoms with E-state index in [0.717, 1.165) is 49.5 Å². The minimum Gasteiger partial charge on any atom is -0.489 e. The number of nitrogens with one attached hydrogen (secondary N) is 1. The largest absolute Gasteiger partial charge is 0.489 e. The molecule has 0 saturated heterocycles. The zero-order valence-corrected chi connectivity index (χ0v) is 15.0. The first kappa shape index (κ1) is 17.1. The highest BCUT2D eigenvalue weighted by molar-refractivity contribution is 6.32. The Bertz CT molecular complexity index is 700. The molecule has 0 bridgehead atoms. The lowest BCUT2D eigenvalue weighted by atomic mass is 10.2. The van der Waals surface area contributed by atoms with Gasteiger partial charge >= 0.3 is 0 Å². The highest BCUT2D eigenvalue weighted by atomic mass is 35.5. The number of fused-ring (bicyclic) bond motifs is 1. The lowest BCUT2D eigenvalue weighted by Crippen LogP contribution is -2.17. The van der Waals surface area contributed by atoms with Crippen molar-refractivity contribution in [2.24, 2.45) is 0 Å². The molecule has 130 valence electrons. The van der Waals surface area contributed by atoms with Crippen LogP contribution in [0.3, 0.4) is 0 Å². The number of benzene rings is 1. The highest BCUT2D eigenvalue weighted by Crippen LogP contribution is 2.37. The number of ether oxygens (including phenoxy) is 2. The van der Waals surface area contributed by atoms with Crippen molar-refractivity contribution >= 4 is 11.6 Å². The molecule has 1 aromatic heterocycles. The Hall–Kier alpha value is -1.72. The summed E-state index contributed by atoms with van der Waals surface area (Å²) in [5.74, 6) is 1.42. The number of nitrogens with zero attached hydrogens (tertiary/aromatic N) is 2. The molecule has 0 aliphatic carbocycles. The van der Waals surface area contributed by atoms with Crippen molar-refractivity contribution in [3.8, 4) is 11.5 Å². The predicted octanol–water partition coefficient (Wildman–Crippen LogP) is 3.49. The molecule has 5 nitrogen and oxygen atoms in total. The third-order valence-electron chi connectivity index (χ3n) is 4.02. The quantitative estimate of drug-likeness (QED) is 0.811. The zero-order chi connectivity index (χ0) is 16.9. The van der Waals surface area contributed by atoms with Gasteiger partial charge in [0.05, 0.1) is 23.9 Å². The molecule has 2 heterocycles. The van der Waals surface area contributed by atoms with Crippen LogP contribution >= 0.6 is 11.6 Å². The summed E-state index contributed by atoms with van der Waals surface area (Å²) >= 11 is 6.32. The monoisotopic (exact) mass is 349 g/mol. The summed E-state index contributed by atoms with van der Waals surface area (Å²) in [6.07, 6.45) is 1.91. The Labute approximate surface area is 147 Å². The number of rotatable bonds is 6. The zero-order valence-electron chi connectivity index (χ0n) is 14.3. The van der Waals surface area contributed by atoms with Crippen molar-refractivity contribution < 1.29 is 9.47 Å². The Morgan fingerprint density at radius 1 is 1.21 bits per heavy atom. The molecule has 0 spiro atoms. The molecule has 24 heavy (non-hydrogen) atoms. The molecule has 2 aromatic rings. The number of aromatic nitrogens is 2. The second kappa shape index (κ2) is 7.90. The van der Waals surface area contributed by atoms with Gasteiger partial charge in [0.15, 0.2) is 11.5 Å². The van der Waals surface area contributed by atoms with E-state index >= 15 is 0 Å². The van der Waals surface area contributed by atoms with Gasteiger partial charge < -0.3 is 14.8 Å². The van der Waals surface area contributed by atoms with Gasteiger partial charge in [0.1, 0.15) is 0 Å². The van der Waals surface area contributed by atoms with Gasteiger partial charge in [0.2, 0.25) is 0 Å². The first-order valence-corrected chi connectivity index (χ1v) is 8.81. The lowest BCUT2D eigenvalue weighted by molar-refractivity contribution is 0.297. The third-order valence-corrected chi connectivity index (χ3v) is 4.30. The van der Waals surface area contributed by atoms with Crippen molar-refractivity contribution in [3.63, 3.8) is 0 Å². The van der Waals surface area contributed by atoms with Crippen LogP contribution in [0.5, 0.6) is 11.5 Å². The maximum absolute atomic E-state index is 6.32. The summed E-state index contributed by atoms with van der Waals surface area (Å²) in [4.78, 5) is 0. The van der Waals surface area contributed by atoms with Crippen LogP contribution in [0.2, 0.25) is 5.02 Å². The predicted molar refractivity (Wildman–Crippen MR) is 95.1 cm³/mol. The number of hydrogen-bond donors (Lipinski definition) is 1. The summed E-state index contributed by atoms with van der Waals surface area (Å²) in [5, 5.41) is 8.55. The van der Waals surface area contributed by atoms with E-state index in [1.54, 1.807) is 0 Å². The van der Waals surface area contributed by atoms with Crippen LogP contribution in [-0.2, 0) is 13.1 Å². The summed E-state index contributed by atoms with van der Waals surface area (Å²) < 4.78 is 13.4. The van der Waals surface area contributed by atoms with Gasteiger partial charge in [-0.3, -0.25) is 4.68 Å². The van der Waals surface area contributed by atoms with Crippen molar-refractivity contribution in [1.82, 2.24) is 15.1 Å². The smallest absolute Gasteiger partial charge is 0.179 e. The van der Waals surface area contributed by atoms with Crippen molar-refractivity contribution in [3.05, 3.63) is 40.2 Å². The fourth-order valence-corrected chi connectivity index (χ4v) is 3.16. The van der Waals surface area contributed by atoms with Crippen LogP contribution in [0, 0.1) is 13.8 Å². The molecule has 0 atom stereocenters. The molecule has 1 aromatic carbocycles. The van der Waals surface area contributed by atoms with Crippen molar-refractivity contribution in [2.45, 2.75) is 39.8 Å². The molecule has 3 rings (SSSR count). The Morgan fingerprint density at radius 3 is 2.83 bits per heavy atom. The van der Waals surface area contributed by atoms with Gasteiger partial charge in [-0.2, -0.15) is 5.10 Å². The van der Waals surface area contributed by atoms with Crippen LogP contribution in [0.4, 0.5) is 0 Å². The highest BCUT2D eigenvalue weighted by Gasteiger charge is 2.15. The SMILES string of the molecule is Cc1cc(C)n(CCCNCc2cc(Cl)c3c(c2)OCCCO3)n1. The van der Waals surface area contributed by atoms with E-state index < -0.39 is 0 Å². The van der Waals surface area contributed by atoms with Crippen LogP contribution in [0.15, 0.2) is 18.2 Å². The van der Waals surface area contributed by atoms with Crippen molar-refractivity contribution in [1.29, 1.82) is 0 Å². The average Bonchev–Trinajstić information content (AvgIpc) is 2.74. The molecule has 1 N–H and O–H groups in total. The van der Waals surface area contributed by atoms with Crippen LogP contribution in [0.1, 0.15) is 29.8 Å². The van der Waals surface area contributed by atoms with Gasteiger partial charge in [0, 0.05) is 25.2 Å². The summed E-state index contributed by atoms with van der Waals surface area (Å²) in [5.41, 5.74) is 3.39. The summed E-state index contributed by atoms with van der Waals surface area (Å²) in [6.45, 7) is 8.04. The summed E-state index contributed by atoms with van der Waals surface area (Å²) in [7, 11) is 0. The van der Waals surface area contributed by atoms with E-state index in [1.165, 1.54) is 5.69 Å². The van der Waals surface area contributed by atoms with Crippen LogP contribution in [0.25, 0.3) is 0 Å². The molecule has 1 aliphatic rings. The summed E-state index contributed by atoms with van der Waals surface area (Å²) in [6, 6.07) is 6.07. The fourth-order valence-electron chi connectivity index (χ4n) is 2.87. The standard InChI is InChI=1S/C18H24ClN3O2/c1-13-9-14(2)22(21-13)6-3-5-20-12-15-10-16(19)18-17(11-15)23-7-4-8-24-18/h9-11,20H,3-8,12H2,1-2H3. The molecule has 0 radical (unpaired) electrons. The minimum absolute atomic E-state index is 0.619. The van der Waals surface area contributed by atoms with E-state index in [2.05, 4.69) is 28.1 Å². The number of aryl methyl sites for hydroxylation is 3. The lowest BCUT2D eigenvalue weighted by Gasteiger charge is -2.12. The van der Waals surface area contributed by atoms with E-state index in [1.807, 2.05) is 19.1 Å². The van der Waals surface area contributed by atoms with E-state index in [9.17, 15) is 0 Å². The van der Waals surface area contributed by atoms with Gasteiger partial charge in [0.25, 0.3) is 0 Å².